The average molecular weight is 400 g/mol. The Morgan fingerprint density at radius 3 is 2.71 bits per heavy atom. The highest BCUT2D eigenvalue weighted by Crippen LogP contribution is 2.24. The maximum atomic E-state index is 5.42. The molecule has 0 saturated carbocycles. The first-order valence-corrected chi connectivity index (χ1v) is 9.68. The smallest absolute Gasteiger partial charge is 0.231 e. The first-order valence-electron chi connectivity index (χ1n) is 9.68. The van der Waals surface area contributed by atoms with Crippen LogP contribution in [-0.4, -0.2) is 28.2 Å². The Hall–Kier alpha value is -2.44. The minimum Gasteiger partial charge on any atom is -0.340 e. The van der Waals surface area contributed by atoms with Gasteiger partial charge in [0.05, 0.1) is 5.92 Å². The van der Waals surface area contributed by atoms with Crippen molar-refractivity contribution in [2.24, 2.45) is 0 Å². The van der Waals surface area contributed by atoms with Crippen LogP contribution < -0.4 is 10.6 Å². The molecule has 28 heavy (non-hydrogen) atoms. The fourth-order valence-corrected chi connectivity index (χ4v) is 3.27. The van der Waals surface area contributed by atoms with Crippen LogP contribution in [0.25, 0.3) is 11.4 Å². The second-order valence-electron chi connectivity index (χ2n) is 7.00. The van der Waals surface area contributed by atoms with Crippen molar-refractivity contribution in [2.45, 2.75) is 38.5 Å². The quantitative estimate of drug-likeness (QED) is 0.598. The van der Waals surface area contributed by atoms with E-state index in [-0.39, 0.29) is 12.4 Å². The molecule has 0 spiro atoms. The van der Waals surface area contributed by atoms with E-state index in [0.717, 1.165) is 43.0 Å². The van der Waals surface area contributed by atoms with Crippen LogP contribution in [0.4, 0.5) is 11.5 Å². The molecule has 6 nitrogen and oxygen atoms in total. The van der Waals surface area contributed by atoms with E-state index in [0.29, 0.717) is 17.6 Å². The van der Waals surface area contributed by atoms with Gasteiger partial charge in [-0.05, 0) is 55.6 Å². The zero-order valence-electron chi connectivity index (χ0n) is 16.0. The lowest BCUT2D eigenvalue weighted by molar-refractivity contribution is 0.359. The number of aryl methyl sites for hydroxylation is 1. The van der Waals surface area contributed by atoms with Gasteiger partial charge in [-0.1, -0.05) is 30.6 Å². The fourth-order valence-electron chi connectivity index (χ4n) is 3.27. The van der Waals surface area contributed by atoms with E-state index in [4.69, 9.17) is 4.52 Å². The van der Waals surface area contributed by atoms with Crippen molar-refractivity contribution in [1.82, 2.24) is 20.4 Å². The van der Waals surface area contributed by atoms with Crippen LogP contribution in [0.15, 0.2) is 47.1 Å². The molecule has 2 N–H and O–H groups in total. The predicted molar refractivity (Wildman–Crippen MR) is 113 cm³/mol. The highest BCUT2D eigenvalue weighted by Gasteiger charge is 2.23. The van der Waals surface area contributed by atoms with E-state index in [1.807, 2.05) is 12.1 Å². The molecular weight excluding hydrogens is 374 g/mol. The topological polar surface area (TPSA) is 75.9 Å². The molecule has 3 aromatic rings. The first kappa shape index (κ1) is 20.3. The van der Waals surface area contributed by atoms with Crippen molar-refractivity contribution in [3.05, 3.63) is 54.0 Å². The van der Waals surface area contributed by atoms with Crippen LogP contribution in [0.3, 0.4) is 0 Å². The summed E-state index contributed by atoms with van der Waals surface area (Å²) in [7, 11) is 0. The number of hydrogen-bond acceptors (Lipinski definition) is 6. The lowest BCUT2D eigenvalue weighted by Gasteiger charge is -2.07. The zero-order chi connectivity index (χ0) is 18.5. The summed E-state index contributed by atoms with van der Waals surface area (Å²) in [6, 6.07) is 12.4. The van der Waals surface area contributed by atoms with Crippen LogP contribution in [0.5, 0.6) is 0 Å². The third-order valence-corrected chi connectivity index (χ3v) is 4.92. The van der Waals surface area contributed by atoms with Crippen molar-refractivity contribution in [3.63, 3.8) is 0 Å². The molecule has 1 aliphatic heterocycles. The van der Waals surface area contributed by atoms with Gasteiger partial charge >= 0.3 is 0 Å². The predicted octanol–water partition coefficient (Wildman–Crippen LogP) is 4.72. The van der Waals surface area contributed by atoms with Crippen LogP contribution in [-0.2, 0) is 6.42 Å². The molecule has 1 fully saturated rings. The molecule has 148 valence electrons. The summed E-state index contributed by atoms with van der Waals surface area (Å²) in [5.74, 6) is 2.42. The molecule has 1 aliphatic rings. The number of pyridine rings is 1. The summed E-state index contributed by atoms with van der Waals surface area (Å²) in [5.41, 5.74) is 3.26. The van der Waals surface area contributed by atoms with Crippen molar-refractivity contribution in [3.8, 4) is 11.4 Å². The third kappa shape index (κ3) is 4.88. The molecular formula is C21H26ClN5O. The van der Waals surface area contributed by atoms with Gasteiger partial charge in [-0.25, -0.2) is 4.98 Å². The second-order valence-corrected chi connectivity index (χ2v) is 7.00. The number of halogens is 1. The summed E-state index contributed by atoms with van der Waals surface area (Å²) in [4.78, 5) is 9.02. The molecule has 0 bridgehead atoms. The van der Waals surface area contributed by atoms with E-state index in [9.17, 15) is 0 Å². The highest BCUT2D eigenvalue weighted by molar-refractivity contribution is 5.85. The number of rotatable bonds is 7. The standard InChI is InChI=1S/C21H25N5O.ClH/c1-2-3-4-15-5-8-18(9-6-15)24-19-10-7-16(14-23-19)20-25-21(27-26-20)17-11-12-22-13-17;/h5-10,14,17,22H,2-4,11-13H2,1H3,(H,23,24);1H/t17-;/m1./s1. The number of hydrogen-bond donors (Lipinski definition) is 2. The first-order chi connectivity index (χ1) is 13.3. The Labute approximate surface area is 171 Å². The Morgan fingerprint density at radius 1 is 1.18 bits per heavy atom. The Kier molecular flexibility index (Phi) is 7.01. The van der Waals surface area contributed by atoms with Crippen molar-refractivity contribution < 1.29 is 4.52 Å². The minimum atomic E-state index is 0. The van der Waals surface area contributed by atoms with Gasteiger partial charge in [-0.15, -0.1) is 12.4 Å². The molecule has 0 unspecified atom stereocenters. The second kappa shape index (κ2) is 9.66. The van der Waals surface area contributed by atoms with Gasteiger partial charge < -0.3 is 15.2 Å². The summed E-state index contributed by atoms with van der Waals surface area (Å²) < 4.78 is 5.42. The Balaban J connectivity index is 0.00000225. The number of benzene rings is 1. The molecule has 4 rings (SSSR count). The van der Waals surface area contributed by atoms with E-state index >= 15 is 0 Å². The van der Waals surface area contributed by atoms with Crippen LogP contribution in [0.1, 0.15) is 43.6 Å². The number of nitrogens with one attached hydrogen (secondary N) is 2. The van der Waals surface area contributed by atoms with E-state index in [1.165, 1.54) is 18.4 Å². The zero-order valence-corrected chi connectivity index (χ0v) is 16.8. The molecule has 7 heteroatoms. The molecule has 2 aromatic heterocycles. The summed E-state index contributed by atoms with van der Waals surface area (Å²) >= 11 is 0. The highest BCUT2D eigenvalue weighted by atomic mass is 35.5. The van der Waals surface area contributed by atoms with Gasteiger partial charge in [0.15, 0.2) is 0 Å². The van der Waals surface area contributed by atoms with Gasteiger partial charge in [0.25, 0.3) is 0 Å². The number of anilines is 2. The van der Waals surface area contributed by atoms with Gasteiger partial charge in [0.2, 0.25) is 11.7 Å². The van der Waals surface area contributed by atoms with Gasteiger partial charge in [-0.2, -0.15) is 4.98 Å². The van der Waals surface area contributed by atoms with Gasteiger partial charge in [-0.3, -0.25) is 0 Å². The molecule has 3 heterocycles. The molecule has 1 saturated heterocycles. The SMILES string of the molecule is CCCCc1ccc(Nc2ccc(-c3noc([C@@H]4CCNC4)n3)cn2)cc1.Cl. The van der Waals surface area contributed by atoms with Crippen LogP contribution in [0.2, 0.25) is 0 Å². The summed E-state index contributed by atoms with van der Waals surface area (Å²) in [6.45, 7) is 4.12. The van der Waals surface area contributed by atoms with Crippen LogP contribution >= 0.6 is 12.4 Å². The Bertz CT molecular complexity index is 857. The number of aromatic nitrogens is 3. The van der Waals surface area contributed by atoms with Gasteiger partial charge in [0, 0.05) is 24.0 Å². The lowest BCUT2D eigenvalue weighted by atomic mass is 10.1. The maximum Gasteiger partial charge on any atom is 0.231 e. The van der Waals surface area contributed by atoms with Crippen LogP contribution in [0, 0.1) is 0 Å². The minimum absolute atomic E-state index is 0. The lowest BCUT2D eigenvalue weighted by Crippen LogP contribution is -2.08. The average Bonchev–Trinajstić information content (AvgIpc) is 3.40. The molecule has 1 aromatic carbocycles. The third-order valence-electron chi connectivity index (χ3n) is 4.92. The summed E-state index contributed by atoms with van der Waals surface area (Å²) in [5, 5.41) is 10.8. The van der Waals surface area contributed by atoms with Crippen molar-refractivity contribution >= 4 is 23.9 Å². The van der Waals surface area contributed by atoms with Crippen molar-refractivity contribution in [2.75, 3.05) is 18.4 Å². The maximum absolute atomic E-state index is 5.42. The molecule has 0 radical (unpaired) electrons. The molecule has 1 atom stereocenters. The van der Waals surface area contributed by atoms with E-state index in [2.05, 4.69) is 56.9 Å². The molecule has 0 amide bonds. The Morgan fingerprint density at radius 2 is 2.04 bits per heavy atom. The van der Waals surface area contributed by atoms with E-state index in [1.54, 1.807) is 6.20 Å². The van der Waals surface area contributed by atoms with Crippen molar-refractivity contribution in [1.29, 1.82) is 0 Å². The summed E-state index contributed by atoms with van der Waals surface area (Å²) in [6.07, 6.45) is 6.40. The number of nitrogens with zero attached hydrogens (tertiary/aromatic N) is 3. The fraction of sp³-hybridized carbons (Fsp3) is 0.381. The number of unbranched alkanes of at least 4 members (excludes halogenated alkanes) is 1. The largest absolute Gasteiger partial charge is 0.340 e. The normalized spacial score (nSPS) is 16.0. The van der Waals surface area contributed by atoms with Gasteiger partial charge in [0.1, 0.15) is 5.82 Å². The monoisotopic (exact) mass is 399 g/mol. The van der Waals surface area contributed by atoms with E-state index < -0.39 is 0 Å². The molecule has 0 aliphatic carbocycles.